The first-order valence-electron chi connectivity index (χ1n) is 34.3. The highest BCUT2D eigenvalue weighted by Crippen LogP contribution is 2.62. The van der Waals surface area contributed by atoms with Crippen molar-refractivity contribution < 1.29 is 18.6 Å². The first kappa shape index (κ1) is 65.5. The second kappa shape index (κ2) is 25.7. The molecule has 0 spiro atoms. The van der Waals surface area contributed by atoms with E-state index in [4.69, 9.17) is 18.6 Å². The molecule has 8 aromatic carbocycles. The summed E-state index contributed by atoms with van der Waals surface area (Å²) in [6, 6.07) is 64.3. The average molecular weight is 1340 g/mol. The minimum Gasteiger partial charge on any atom is -0.399 e. The lowest BCUT2D eigenvalue weighted by Gasteiger charge is -2.35. The molecule has 9 aromatic rings. The van der Waals surface area contributed by atoms with Gasteiger partial charge in [0.05, 0.1) is 38.9 Å². The third kappa shape index (κ3) is 12.0. The molecule has 0 bridgehead atoms. The topological polar surface area (TPSA) is 41.9 Å². The normalized spacial score (nSPS) is 17.7. The van der Waals surface area contributed by atoms with Crippen LogP contribution in [0.15, 0.2) is 179 Å². The van der Waals surface area contributed by atoms with Crippen molar-refractivity contribution in [3.8, 4) is 27.9 Å². The molecule has 2 aliphatic heterocycles. The second-order valence-electron chi connectivity index (χ2n) is 29.8. The maximum absolute atomic E-state index is 6.59. The molecule has 91 heavy (non-hydrogen) atoms. The van der Waals surface area contributed by atoms with Crippen LogP contribution in [0.1, 0.15) is 219 Å². The molecule has 0 N–H and O–H groups in total. The van der Waals surface area contributed by atoms with E-state index in [1.54, 1.807) is 11.1 Å². The predicted octanol–water partition coefficient (Wildman–Crippen LogP) is 22.0. The summed E-state index contributed by atoms with van der Waals surface area (Å²) >= 11 is 7.25. The van der Waals surface area contributed by atoms with Crippen LogP contribution in [0.2, 0.25) is 0 Å². The Bertz CT molecular complexity index is 3890. The molecule has 1 aromatic heterocycles. The Morgan fingerprint density at radius 3 is 1.24 bits per heavy atom. The van der Waals surface area contributed by atoms with Crippen molar-refractivity contribution in [1.29, 1.82) is 0 Å². The van der Waals surface area contributed by atoms with Gasteiger partial charge in [-0.05, 0) is 194 Å². The minimum atomic E-state index is -0.595. The molecule has 2 fully saturated rings. The Balaban J connectivity index is 0.000000266. The average Bonchev–Trinajstić information content (AvgIpc) is 1.53. The smallest absolute Gasteiger partial charge is 0.399 e. The molecule has 9 heteroatoms. The van der Waals surface area contributed by atoms with E-state index in [1.807, 2.05) is 0 Å². The first-order valence-corrected chi connectivity index (χ1v) is 35.8. The third-order valence-corrected chi connectivity index (χ3v) is 22.8. The largest absolute Gasteiger partial charge is 0.494 e. The zero-order valence-electron chi connectivity index (χ0n) is 56.6. The van der Waals surface area contributed by atoms with Crippen LogP contribution in [0.4, 0.5) is 0 Å². The summed E-state index contributed by atoms with van der Waals surface area (Å²) in [6.07, 6.45) is 18.1. The van der Waals surface area contributed by atoms with Gasteiger partial charge in [0, 0.05) is 30.8 Å². The number of halogens is 2. The molecule has 472 valence electrons. The number of unbranched alkanes of at least 4 members (excludes halogenated alkanes) is 10. The number of hydrogen-bond donors (Lipinski definition) is 0. The summed E-state index contributed by atoms with van der Waals surface area (Å²) in [5.41, 5.74) is 18.6. The summed E-state index contributed by atoms with van der Waals surface area (Å²) in [5.74, 6) is 0. The van der Waals surface area contributed by atoms with E-state index in [-0.39, 0.29) is 10.8 Å². The van der Waals surface area contributed by atoms with E-state index >= 15 is 0 Å². The quantitative estimate of drug-likeness (QED) is 0.0598. The fraction of sp³-hybridized carbons (Fsp3) is 0.415. The van der Waals surface area contributed by atoms with Crippen molar-refractivity contribution in [2.24, 2.45) is 0 Å². The number of fused-ring (bicyclic) bond motifs is 9. The molecule has 0 saturated carbocycles. The van der Waals surface area contributed by atoms with E-state index in [2.05, 4.69) is 296 Å². The van der Waals surface area contributed by atoms with Crippen LogP contribution in [0.5, 0.6) is 0 Å². The molecular weight excluding hydrogens is 1240 g/mol. The molecule has 2 aliphatic carbocycles. The zero-order chi connectivity index (χ0) is 64.3. The van der Waals surface area contributed by atoms with Crippen LogP contribution < -0.4 is 10.9 Å². The van der Waals surface area contributed by atoms with E-state index in [1.165, 1.54) is 167 Å². The van der Waals surface area contributed by atoms with Crippen LogP contribution in [0, 0.1) is 0 Å². The Hall–Kier alpha value is -5.51. The minimum absolute atomic E-state index is 0.00830. The van der Waals surface area contributed by atoms with Gasteiger partial charge in [-0.2, -0.15) is 0 Å². The SMILES string of the molecule is CC(C)(C)c1ccc(-n2c3cc(Br)ccc3c3ccc(Br)cc32)cc1.CCCCCCCCC1(CCCCCCCC)c2ccccc2-c2cc3c(cc21)-c1ccccc1C3(c1ccc(B2OC(C)(C)C(C)(C)O2)cc1)c1ccc(B2OC(C)(C)C(C)(C)O2)cc1. The van der Waals surface area contributed by atoms with Crippen molar-refractivity contribution in [1.82, 2.24) is 4.57 Å². The first-order chi connectivity index (χ1) is 43.4. The van der Waals surface area contributed by atoms with Gasteiger partial charge in [0.25, 0.3) is 0 Å². The number of benzene rings is 8. The number of aromatic nitrogens is 1. The molecule has 0 unspecified atom stereocenters. The summed E-state index contributed by atoms with van der Waals surface area (Å²) in [7, 11) is -0.873. The maximum atomic E-state index is 6.59. The van der Waals surface area contributed by atoms with Gasteiger partial charge in [0.15, 0.2) is 0 Å². The van der Waals surface area contributed by atoms with Crippen LogP contribution in [-0.2, 0) is 34.9 Å². The second-order valence-corrected chi connectivity index (χ2v) is 31.6. The van der Waals surface area contributed by atoms with Crippen molar-refractivity contribution in [2.45, 2.75) is 219 Å². The lowest BCUT2D eigenvalue weighted by atomic mass is 9.65. The van der Waals surface area contributed by atoms with Gasteiger partial charge in [-0.25, -0.2) is 0 Å². The highest BCUT2D eigenvalue weighted by molar-refractivity contribution is 9.10. The molecule has 3 heterocycles. The highest BCUT2D eigenvalue weighted by Gasteiger charge is 2.55. The van der Waals surface area contributed by atoms with Crippen LogP contribution in [0.25, 0.3) is 49.7 Å². The molecule has 0 radical (unpaired) electrons. The lowest BCUT2D eigenvalue weighted by molar-refractivity contribution is 0.00578. The van der Waals surface area contributed by atoms with E-state index < -0.39 is 42.1 Å². The van der Waals surface area contributed by atoms with E-state index in [0.717, 1.165) is 19.9 Å². The molecule has 4 aliphatic rings. The fourth-order valence-electron chi connectivity index (χ4n) is 15.2. The molecule has 0 amide bonds. The van der Waals surface area contributed by atoms with Crippen molar-refractivity contribution >= 4 is 78.8 Å². The summed E-state index contributed by atoms with van der Waals surface area (Å²) in [4.78, 5) is 0. The summed E-state index contributed by atoms with van der Waals surface area (Å²) in [6.45, 7) is 28.4. The summed E-state index contributed by atoms with van der Waals surface area (Å²) in [5, 5.41) is 2.54. The van der Waals surface area contributed by atoms with Crippen LogP contribution in [0.3, 0.4) is 0 Å². The third-order valence-electron chi connectivity index (χ3n) is 21.8. The number of hydrogen-bond acceptors (Lipinski definition) is 4. The molecule has 5 nitrogen and oxygen atoms in total. The molecule has 13 rings (SSSR count). The van der Waals surface area contributed by atoms with Gasteiger partial charge in [-0.1, -0.05) is 265 Å². The fourth-order valence-corrected chi connectivity index (χ4v) is 15.9. The zero-order valence-corrected chi connectivity index (χ0v) is 59.7. The Labute approximate surface area is 562 Å². The number of rotatable bonds is 19. The van der Waals surface area contributed by atoms with Gasteiger partial charge in [0.1, 0.15) is 0 Å². The van der Waals surface area contributed by atoms with Gasteiger partial charge >= 0.3 is 14.2 Å². The van der Waals surface area contributed by atoms with Crippen molar-refractivity contribution in [3.63, 3.8) is 0 Å². The van der Waals surface area contributed by atoms with Gasteiger partial charge in [-0.15, -0.1) is 0 Å². The Morgan fingerprint density at radius 2 is 0.791 bits per heavy atom. The maximum Gasteiger partial charge on any atom is 0.494 e. The number of nitrogens with zero attached hydrogens (tertiary/aromatic N) is 1. The molecule has 0 atom stereocenters. The standard InChI is InChI=1S/C60H76B2O4.C22H19Br2N/c1-11-13-15-17-19-25-39-59(40-26-20-18-16-14-12-2)51-29-23-21-27-47(51)49-42-54-50(41-53(49)59)48-28-22-24-30-52(48)60(54,43-31-35-45(36-32-43)61-63-55(3,4)56(5,6)64-61)44-33-37-46(38-34-44)62-65-57(7,8)58(9,10)66-62;1-22(2,3)14-4-8-17(9-5-14)25-20-12-15(23)6-10-18(20)19-11-7-16(24)13-21(19)25/h21-24,27-38,41-42H,11-20,25-26,39-40H2,1-10H3;4-13H,1-3H3. The summed E-state index contributed by atoms with van der Waals surface area (Å²) < 4.78 is 30.9. The Kier molecular flexibility index (Phi) is 18.5. The van der Waals surface area contributed by atoms with Crippen LogP contribution >= 0.6 is 31.9 Å². The van der Waals surface area contributed by atoms with E-state index in [0.29, 0.717) is 0 Å². The molecular formula is C82H95B2Br2NO4. The van der Waals surface area contributed by atoms with Crippen molar-refractivity contribution in [2.75, 3.05) is 0 Å². The van der Waals surface area contributed by atoms with Crippen molar-refractivity contribution in [3.05, 3.63) is 218 Å². The van der Waals surface area contributed by atoms with Gasteiger partial charge < -0.3 is 23.2 Å². The van der Waals surface area contributed by atoms with E-state index in [9.17, 15) is 0 Å². The lowest BCUT2D eigenvalue weighted by Crippen LogP contribution is -2.41. The monoisotopic (exact) mass is 1340 g/mol. The predicted molar refractivity (Wildman–Crippen MR) is 392 cm³/mol. The van der Waals surface area contributed by atoms with Crippen LogP contribution in [-0.4, -0.2) is 41.2 Å². The van der Waals surface area contributed by atoms with Gasteiger partial charge in [0.2, 0.25) is 0 Å². The Morgan fingerprint density at radius 1 is 0.396 bits per heavy atom. The van der Waals surface area contributed by atoms with Gasteiger partial charge in [-0.3, -0.25) is 0 Å². The highest BCUT2D eigenvalue weighted by atomic mass is 79.9. The molecule has 2 saturated heterocycles.